The highest BCUT2D eigenvalue weighted by molar-refractivity contribution is 5.64. The maximum Gasteiger partial charge on any atom is 0.243 e. The summed E-state index contributed by atoms with van der Waals surface area (Å²) in [5.41, 5.74) is 6.28. The molecule has 0 aliphatic rings. The first kappa shape index (κ1) is 35.0. The van der Waals surface area contributed by atoms with Crippen molar-refractivity contribution < 1.29 is 19.4 Å². The molecule has 0 heterocycles. The van der Waals surface area contributed by atoms with Crippen LogP contribution in [0.25, 0.3) is 22.3 Å². The van der Waals surface area contributed by atoms with Crippen molar-refractivity contribution in [3.8, 4) is 22.3 Å². The van der Waals surface area contributed by atoms with Crippen molar-refractivity contribution in [1.29, 1.82) is 0 Å². The Bertz CT molecular complexity index is 1470. The predicted octanol–water partition coefficient (Wildman–Crippen LogP) is 8.05. The van der Waals surface area contributed by atoms with Crippen LogP contribution in [0.5, 0.6) is 0 Å². The number of hydrogen-bond acceptors (Lipinski definition) is 6. The molecular weight excluding hydrogens is 556 g/mol. The molecule has 0 saturated heterocycles. The van der Waals surface area contributed by atoms with E-state index in [1.54, 1.807) is 6.92 Å². The molecule has 8 nitrogen and oxygen atoms in total. The summed E-state index contributed by atoms with van der Waals surface area (Å²) in [6.07, 6.45) is 3.19. The molecule has 0 aromatic heterocycles. The van der Waals surface area contributed by atoms with E-state index in [1.165, 1.54) is 0 Å². The molecule has 4 aromatic carbocycles. The van der Waals surface area contributed by atoms with E-state index in [1.807, 2.05) is 116 Å². The van der Waals surface area contributed by atoms with Gasteiger partial charge < -0.3 is 9.59 Å². The zero-order valence-electron chi connectivity index (χ0n) is 25.1. The number of carbonyl (C=O) groups is 2. The molecule has 8 heteroatoms. The van der Waals surface area contributed by atoms with Crippen LogP contribution >= 0.6 is 0 Å². The van der Waals surface area contributed by atoms with Crippen molar-refractivity contribution in [1.82, 2.24) is 0 Å². The molecule has 4 aromatic rings. The third kappa shape index (κ3) is 12.3. The second-order valence-electron chi connectivity index (χ2n) is 10.2. The highest BCUT2D eigenvalue weighted by Gasteiger charge is 2.23. The standard InChI is InChI=1S/C18H19NO3.C15H13NO2.C3H6O/c1-14(13-20)11-18(19(21)22)12-15-7-9-17(10-8-15)16-5-3-2-4-6-16;1-12(16(17)18)11-13-7-9-15(10-8-13)14-5-3-2-4-6-14;1-2-3-4/h2-10,13-14,18H,11-12H2,1H3;2-10H,1,11H2;3H,2H2,1H3. The fraction of sp³-hybridized carbons (Fsp3) is 0.222. The smallest absolute Gasteiger partial charge is 0.243 e. The number of allylic oxidation sites excluding steroid dienone is 1. The summed E-state index contributed by atoms with van der Waals surface area (Å²) < 4.78 is 0. The van der Waals surface area contributed by atoms with Gasteiger partial charge in [0, 0.05) is 30.1 Å². The highest BCUT2D eigenvalue weighted by Crippen LogP contribution is 2.22. The van der Waals surface area contributed by atoms with Gasteiger partial charge in [-0.3, -0.25) is 20.2 Å². The van der Waals surface area contributed by atoms with Crippen LogP contribution in [0.4, 0.5) is 0 Å². The van der Waals surface area contributed by atoms with Crippen LogP contribution in [-0.4, -0.2) is 28.5 Å². The van der Waals surface area contributed by atoms with Crippen molar-refractivity contribution in [2.45, 2.75) is 45.6 Å². The summed E-state index contributed by atoms with van der Waals surface area (Å²) in [4.78, 5) is 40.8. The monoisotopic (exact) mass is 594 g/mol. The van der Waals surface area contributed by atoms with E-state index in [-0.39, 0.29) is 29.4 Å². The molecule has 0 bridgehead atoms. The lowest BCUT2D eigenvalue weighted by Crippen LogP contribution is -2.25. The maximum absolute atomic E-state index is 11.1. The van der Waals surface area contributed by atoms with Crippen molar-refractivity contribution in [2.24, 2.45) is 5.92 Å². The van der Waals surface area contributed by atoms with Gasteiger partial charge in [0.05, 0.1) is 11.3 Å². The van der Waals surface area contributed by atoms with Crippen molar-refractivity contribution in [3.05, 3.63) is 153 Å². The van der Waals surface area contributed by atoms with Gasteiger partial charge >= 0.3 is 0 Å². The zero-order chi connectivity index (χ0) is 32.3. The largest absolute Gasteiger partial charge is 0.303 e. The minimum atomic E-state index is -0.720. The third-order valence-corrected chi connectivity index (χ3v) is 6.60. The summed E-state index contributed by atoms with van der Waals surface area (Å²) in [6.45, 7) is 6.95. The molecular formula is C36H38N2O6. The molecule has 0 saturated carbocycles. The molecule has 0 spiro atoms. The van der Waals surface area contributed by atoms with E-state index in [2.05, 4.69) is 6.58 Å². The summed E-state index contributed by atoms with van der Waals surface area (Å²) >= 11 is 0. The van der Waals surface area contributed by atoms with Crippen LogP contribution < -0.4 is 0 Å². The van der Waals surface area contributed by atoms with Gasteiger partial charge in [0.15, 0.2) is 0 Å². The van der Waals surface area contributed by atoms with E-state index in [9.17, 15) is 29.8 Å². The van der Waals surface area contributed by atoms with Gasteiger partial charge in [-0.1, -0.05) is 123 Å². The summed E-state index contributed by atoms with van der Waals surface area (Å²) in [5.74, 6) is -0.293. The number of nitrogens with zero attached hydrogens (tertiary/aromatic N) is 2. The van der Waals surface area contributed by atoms with Gasteiger partial charge in [-0.2, -0.15) is 0 Å². The van der Waals surface area contributed by atoms with Crippen LogP contribution in [0.15, 0.2) is 121 Å². The molecule has 228 valence electrons. The van der Waals surface area contributed by atoms with Crippen LogP contribution in [0.1, 0.15) is 37.8 Å². The van der Waals surface area contributed by atoms with Crippen molar-refractivity contribution in [3.63, 3.8) is 0 Å². The first-order valence-corrected chi connectivity index (χ1v) is 14.3. The second kappa shape index (κ2) is 19.0. The van der Waals surface area contributed by atoms with E-state index < -0.39 is 11.0 Å². The Labute approximate surface area is 258 Å². The highest BCUT2D eigenvalue weighted by atomic mass is 16.6. The molecule has 0 aliphatic carbocycles. The zero-order valence-corrected chi connectivity index (χ0v) is 25.1. The van der Waals surface area contributed by atoms with E-state index in [0.29, 0.717) is 12.8 Å². The van der Waals surface area contributed by atoms with Gasteiger partial charge in [0.25, 0.3) is 0 Å². The number of hydrogen-bond donors (Lipinski definition) is 0. The lowest BCUT2D eigenvalue weighted by atomic mass is 9.96. The topological polar surface area (TPSA) is 120 Å². The summed E-state index contributed by atoms with van der Waals surface area (Å²) in [5, 5.41) is 21.6. The number of nitro groups is 2. The number of rotatable bonds is 12. The minimum absolute atomic E-state index is 0.0162. The lowest BCUT2D eigenvalue weighted by molar-refractivity contribution is -0.523. The molecule has 4 rings (SSSR count). The Kier molecular flexibility index (Phi) is 15.1. The van der Waals surface area contributed by atoms with Gasteiger partial charge in [-0.05, 0) is 40.0 Å². The predicted molar refractivity (Wildman–Crippen MR) is 174 cm³/mol. The Balaban J connectivity index is 0.000000278. The average molecular weight is 595 g/mol. The third-order valence-electron chi connectivity index (χ3n) is 6.60. The van der Waals surface area contributed by atoms with Gasteiger partial charge in [0.2, 0.25) is 11.7 Å². The van der Waals surface area contributed by atoms with Gasteiger partial charge in [0.1, 0.15) is 12.6 Å². The quantitative estimate of drug-likeness (QED) is 0.0929. The summed E-state index contributed by atoms with van der Waals surface area (Å²) in [6, 6.07) is 34.8. The maximum atomic E-state index is 11.1. The van der Waals surface area contributed by atoms with E-state index in [0.717, 1.165) is 46.0 Å². The normalized spacial score (nSPS) is 11.3. The minimum Gasteiger partial charge on any atom is -0.303 e. The molecule has 0 aliphatic heterocycles. The number of carbonyl (C=O) groups excluding carboxylic acids is 2. The Morgan fingerprint density at radius 1 is 0.727 bits per heavy atom. The van der Waals surface area contributed by atoms with Crippen LogP contribution in [0.2, 0.25) is 0 Å². The van der Waals surface area contributed by atoms with Crippen molar-refractivity contribution >= 4 is 12.6 Å². The Morgan fingerprint density at radius 2 is 1.14 bits per heavy atom. The fourth-order valence-electron chi connectivity index (χ4n) is 4.21. The second-order valence-corrected chi connectivity index (χ2v) is 10.2. The van der Waals surface area contributed by atoms with Crippen LogP contribution in [0.3, 0.4) is 0 Å². The van der Waals surface area contributed by atoms with E-state index in [4.69, 9.17) is 0 Å². The molecule has 0 N–H and O–H groups in total. The number of aldehydes is 2. The molecule has 0 amide bonds. The van der Waals surface area contributed by atoms with Gasteiger partial charge in [-0.15, -0.1) is 0 Å². The average Bonchev–Trinajstić information content (AvgIpc) is 3.06. The van der Waals surface area contributed by atoms with E-state index >= 15 is 0 Å². The molecule has 0 radical (unpaired) electrons. The Hall–Kier alpha value is -5.24. The molecule has 0 fully saturated rings. The lowest BCUT2D eigenvalue weighted by Gasteiger charge is -2.11. The van der Waals surface area contributed by atoms with Crippen LogP contribution in [0, 0.1) is 26.1 Å². The Morgan fingerprint density at radius 3 is 1.50 bits per heavy atom. The first-order valence-electron chi connectivity index (χ1n) is 14.3. The fourth-order valence-corrected chi connectivity index (χ4v) is 4.21. The van der Waals surface area contributed by atoms with Crippen molar-refractivity contribution in [2.75, 3.05) is 0 Å². The number of benzene rings is 4. The SMILES string of the molecule is C=C(Cc1ccc(-c2ccccc2)cc1)[N+](=O)[O-].CC(C=O)CC(Cc1ccc(-c2ccccc2)cc1)[N+](=O)[O-].CCC=O. The molecule has 2 unspecified atom stereocenters. The first-order chi connectivity index (χ1) is 21.2. The molecule has 44 heavy (non-hydrogen) atoms. The molecule has 2 atom stereocenters. The van der Waals surface area contributed by atoms with Gasteiger partial charge in [-0.25, -0.2) is 0 Å². The van der Waals surface area contributed by atoms with Crippen LogP contribution in [-0.2, 0) is 22.4 Å². The summed E-state index contributed by atoms with van der Waals surface area (Å²) in [7, 11) is 0.